The minimum absolute atomic E-state index is 0.196. The number of para-hydroxylation sites is 2. The van der Waals surface area contributed by atoms with Crippen molar-refractivity contribution in [2.24, 2.45) is 0 Å². The van der Waals surface area contributed by atoms with Gasteiger partial charge in [-0.1, -0.05) is 66.7 Å². The first kappa shape index (κ1) is 40.2. The number of alkyl halides is 3. The van der Waals surface area contributed by atoms with Gasteiger partial charge in [-0.05, 0) is 118 Å². The van der Waals surface area contributed by atoms with Gasteiger partial charge in [0.1, 0.15) is 11.6 Å². The molecule has 0 N–H and O–H groups in total. The molecule has 0 radical (unpaired) electrons. The molecule has 0 aliphatic heterocycles. The molecule has 2 aromatic heterocycles. The second-order valence-electron chi connectivity index (χ2n) is 15.6. The number of rotatable bonds is 5. The first-order valence-electron chi connectivity index (χ1n) is 20.2. The van der Waals surface area contributed by atoms with Gasteiger partial charge in [-0.3, -0.25) is 0 Å². The van der Waals surface area contributed by atoms with Crippen molar-refractivity contribution < 1.29 is 13.2 Å². The fraction of sp³-hybridized carbons (Fsp3) is 0.0182. The van der Waals surface area contributed by atoms with Gasteiger partial charge in [0.25, 0.3) is 0 Å². The fourth-order valence-electron chi connectivity index (χ4n) is 8.97. The lowest BCUT2D eigenvalue weighted by Gasteiger charge is -2.19. The monoisotopic (exact) mass is 854 g/mol. The number of benzene rings is 8. The number of aromatic nitrogens is 2. The Balaban J connectivity index is 1.34. The zero-order chi connectivity index (χ0) is 45.9. The van der Waals surface area contributed by atoms with Crippen molar-refractivity contribution in [3.63, 3.8) is 0 Å². The van der Waals surface area contributed by atoms with E-state index in [1.807, 2.05) is 100 Å². The van der Waals surface area contributed by atoms with Gasteiger partial charge < -0.3 is 9.13 Å². The van der Waals surface area contributed by atoms with E-state index in [0.29, 0.717) is 83.5 Å². The zero-order valence-corrected chi connectivity index (χ0v) is 34.1. The maximum atomic E-state index is 14.1. The summed E-state index contributed by atoms with van der Waals surface area (Å²) in [5.41, 5.74) is 6.79. The van der Waals surface area contributed by atoms with Gasteiger partial charge in [0, 0.05) is 21.5 Å². The summed E-state index contributed by atoms with van der Waals surface area (Å²) in [6, 6.07) is 55.9. The zero-order valence-electron chi connectivity index (χ0n) is 34.1. The summed E-state index contributed by atoms with van der Waals surface area (Å²) < 4.78 is 46.1. The van der Waals surface area contributed by atoms with E-state index < -0.39 is 11.7 Å². The van der Waals surface area contributed by atoms with Gasteiger partial charge in [-0.2, -0.15) is 44.7 Å². The molecular weight excluding hydrogens is 830 g/mol. The summed E-state index contributed by atoms with van der Waals surface area (Å²) in [5, 5.41) is 64.5. The van der Waals surface area contributed by atoms with Crippen LogP contribution in [0, 0.1) is 68.0 Å². The molecule has 0 saturated carbocycles. The standard InChI is InChI=1S/C55H25F3N8/c56-55(57,58)42-11-14-43(41(21-42)30-63)40-24-53(65-49-7-3-1-5-44(49)46-12-9-36(22-51(46)65)38-17-32(26-59)15-33(18-38)27-60)48(31-64)54(25-40)66-50-8-4-2-6-45(50)47-13-10-37(23-52(47)66)39-19-34(28-61)16-35(20-39)29-62/h1-25H. The summed E-state index contributed by atoms with van der Waals surface area (Å²) in [5.74, 6) is 0. The van der Waals surface area contributed by atoms with Crippen molar-refractivity contribution >= 4 is 43.6 Å². The summed E-state index contributed by atoms with van der Waals surface area (Å²) in [4.78, 5) is 0. The van der Waals surface area contributed by atoms with Crippen LogP contribution in [0.1, 0.15) is 38.9 Å². The average Bonchev–Trinajstić information content (AvgIpc) is 3.86. The molecule has 11 heteroatoms. The Morgan fingerprint density at radius 2 is 0.803 bits per heavy atom. The average molecular weight is 855 g/mol. The third kappa shape index (κ3) is 6.51. The quantitative estimate of drug-likeness (QED) is 0.168. The maximum Gasteiger partial charge on any atom is 0.416 e. The third-order valence-electron chi connectivity index (χ3n) is 11.9. The predicted octanol–water partition coefficient (Wildman–Crippen LogP) is 13.1. The van der Waals surface area contributed by atoms with Crippen LogP contribution in [-0.4, -0.2) is 9.13 Å². The molecule has 0 unspecified atom stereocenters. The van der Waals surface area contributed by atoms with E-state index >= 15 is 0 Å². The smallest absolute Gasteiger partial charge is 0.308 e. The van der Waals surface area contributed by atoms with Crippen molar-refractivity contribution in [2.45, 2.75) is 6.18 Å². The molecule has 0 atom stereocenters. The van der Waals surface area contributed by atoms with Gasteiger partial charge in [0.15, 0.2) is 0 Å². The van der Waals surface area contributed by atoms with Gasteiger partial charge in [0.2, 0.25) is 0 Å². The topological polar surface area (TPSA) is 153 Å². The number of hydrogen-bond acceptors (Lipinski definition) is 6. The lowest BCUT2D eigenvalue weighted by molar-refractivity contribution is -0.137. The first-order chi connectivity index (χ1) is 32.0. The minimum atomic E-state index is -4.71. The number of hydrogen-bond donors (Lipinski definition) is 0. The van der Waals surface area contributed by atoms with E-state index in [9.17, 15) is 44.7 Å². The van der Waals surface area contributed by atoms with Crippen LogP contribution in [0.25, 0.3) is 88.4 Å². The van der Waals surface area contributed by atoms with Crippen LogP contribution in [-0.2, 0) is 6.18 Å². The van der Waals surface area contributed by atoms with Crippen LogP contribution in [0.5, 0.6) is 0 Å². The molecule has 0 aliphatic rings. The first-order valence-corrected chi connectivity index (χ1v) is 20.2. The van der Waals surface area contributed by atoms with Crippen molar-refractivity contribution in [3.05, 3.63) is 191 Å². The minimum Gasteiger partial charge on any atom is -0.308 e. The van der Waals surface area contributed by atoms with Crippen molar-refractivity contribution in [2.75, 3.05) is 0 Å². The molecule has 8 nitrogen and oxygen atoms in total. The number of halogens is 3. The summed E-state index contributed by atoms with van der Waals surface area (Å²) >= 11 is 0. The largest absolute Gasteiger partial charge is 0.416 e. The summed E-state index contributed by atoms with van der Waals surface area (Å²) in [7, 11) is 0. The highest BCUT2D eigenvalue weighted by atomic mass is 19.4. The Labute approximate surface area is 374 Å². The molecule has 0 bridgehead atoms. The van der Waals surface area contributed by atoms with Gasteiger partial charge >= 0.3 is 6.18 Å². The third-order valence-corrected chi connectivity index (χ3v) is 11.9. The number of nitrogens with zero attached hydrogens (tertiary/aromatic N) is 8. The lowest BCUT2D eigenvalue weighted by atomic mass is 9.95. The summed E-state index contributed by atoms with van der Waals surface area (Å²) in [6.07, 6.45) is -4.71. The Hall–Kier alpha value is -9.91. The second kappa shape index (κ2) is 15.5. The Bertz CT molecular complexity index is 3740. The number of nitriles is 6. The molecule has 8 aromatic carbocycles. The maximum absolute atomic E-state index is 14.1. The lowest BCUT2D eigenvalue weighted by Crippen LogP contribution is -2.07. The number of fused-ring (bicyclic) bond motifs is 6. The van der Waals surface area contributed by atoms with E-state index in [2.05, 4.69) is 30.3 Å². The van der Waals surface area contributed by atoms with Gasteiger partial charge in [-0.25, -0.2) is 0 Å². The molecule has 66 heavy (non-hydrogen) atoms. The molecule has 0 aliphatic carbocycles. The van der Waals surface area contributed by atoms with Crippen molar-refractivity contribution in [3.8, 4) is 81.2 Å². The van der Waals surface area contributed by atoms with Crippen molar-refractivity contribution in [1.29, 1.82) is 31.6 Å². The van der Waals surface area contributed by atoms with Gasteiger partial charge in [0.05, 0.1) is 97.2 Å². The highest BCUT2D eigenvalue weighted by Crippen LogP contribution is 2.43. The van der Waals surface area contributed by atoms with E-state index in [4.69, 9.17) is 0 Å². The molecule has 0 spiro atoms. The molecule has 0 saturated heterocycles. The molecule has 10 aromatic rings. The van der Waals surface area contributed by atoms with Crippen molar-refractivity contribution in [1.82, 2.24) is 9.13 Å². The Kier molecular flexibility index (Phi) is 9.41. The van der Waals surface area contributed by atoms with E-state index in [0.717, 1.165) is 33.7 Å². The SMILES string of the molecule is N#Cc1cc(C#N)cc(-c2ccc3c4ccccc4n(-c4cc(-c5ccc(C(F)(F)F)cc5C#N)cc(-n5c6ccccc6c6ccc(-c7cc(C#N)cc(C#N)c7)cc65)c4C#N)c3c2)c1. The van der Waals surface area contributed by atoms with Crippen LogP contribution in [0.3, 0.4) is 0 Å². The molecular formula is C55H25F3N8. The fourth-order valence-corrected chi connectivity index (χ4v) is 8.97. The predicted molar refractivity (Wildman–Crippen MR) is 245 cm³/mol. The Morgan fingerprint density at radius 3 is 1.21 bits per heavy atom. The second-order valence-corrected chi connectivity index (χ2v) is 15.6. The molecule has 0 fully saturated rings. The van der Waals surface area contributed by atoms with Crippen LogP contribution in [0.15, 0.2) is 152 Å². The summed E-state index contributed by atoms with van der Waals surface area (Å²) in [6.45, 7) is 0. The van der Waals surface area contributed by atoms with E-state index in [1.165, 1.54) is 18.2 Å². The van der Waals surface area contributed by atoms with Crippen LogP contribution in [0.2, 0.25) is 0 Å². The highest BCUT2D eigenvalue weighted by molar-refractivity contribution is 6.12. The molecule has 10 rings (SSSR count). The molecule has 306 valence electrons. The highest BCUT2D eigenvalue weighted by Gasteiger charge is 2.32. The van der Waals surface area contributed by atoms with E-state index in [1.54, 1.807) is 36.4 Å². The normalized spacial score (nSPS) is 11.2. The van der Waals surface area contributed by atoms with Crippen LogP contribution < -0.4 is 0 Å². The Morgan fingerprint density at radius 1 is 0.364 bits per heavy atom. The van der Waals surface area contributed by atoms with Gasteiger partial charge in [-0.15, -0.1) is 0 Å². The molecule has 2 heterocycles. The molecule has 0 amide bonds. The van der Waals surface area contributed by atoms with Crippen LogP contribution in [0.4, 0.5) is 13.2 Å². The van der Waals surface area contributed by atoms with E-state index in [-0.39, 0.29) is 16.7 Å². The van der Waals surface area contributed by atoms with Crippen LogP contribution >= 0.6 is 0 Å².